The first kappa shape index (κ1) is 27.2. The van der Waals surface area contributed by atoms with E-state index in [1.165, 1.54) is 30.5 Å². The van der Waals surface area contributed by atoms with Crippen molar-refractivity contribution in [3.05, 3.63) is 78.5 Å². The summed E-state index contributed by atoms with van der Waals surface area (Å²) in [5, 5.41) is 8.59. The summed E-state index contributed by atoms with van der Waals surface area (Å²) in [4.78, 5) is 22.1. The van der Waals surface area contributed by atoms with E-state index in [1.54, 1.807) is 6.20 Å². The van der Waals surface area contributed by atoms with Crippen LogP contribution in [0.15, 0.2) is 67.1 Å². The molecule has 6 aromatic rings. The summed E-state index contributed by atoms with van der Waals surface area (Å²) in [6, 6.07) is 14.8. The average molecular weight is 577 g/mol. The Balaban J connectivity index is 1.22. The van der Waals surface area contributed by atoms with Gasteiger partial charge in [-0.3, -0.25) is 20.0 Å². The van der Waals surface area contributed by atoms with E-state index in [0.29, 0.717) is 29.3 Å². The Morgan fingerprint density at radius 3 is 2.70 bits per heavy atom. The number of nitrogens with zero attached hydrogens (tertiary/aromatic N) is 6. The highest BCUT2D eigenvalue weighted by molar-refractivity contribution is 5.99. The number of halogens is 1. The SMILES string of the molecule is CN(C)CCOc1cc(F)cc(-c2nccc3[nH]c(-c4n[nH]c5ccc(-c6cncc(CN7CCCC7)c6)nc45)cc23)c1. The molecule has 0 radical (unpaired) electrons. The van der Waals surface area contributed by atoms with E-state index < -0.39 is 0 Å². The van der Waals surface area contributed by atoms with Gasteiger partial charge in [0.15, 0.2) is 0 Å². The topological polar surface area (TPSA) is 98.8 Å². The van der Waals surface area contributed by atoms with Crippen molar-refractivity contribution in [2.24, 2.45) is 0 Å². The van der Waals surface area contributed by atoms with Crippen LogP contribution in [0, 0.1) is 5.82 Å². The van der Waals surface area contributed by atoms with Crippen molar-refractivity contribution >= 4 is 21.9 Å². The number of fused-ring (bicyclic) bond motifs is 2. The highest BCUT2D eigenvalue weighted by Gasteiger charge is 2.18. The van der Waals surface area contributed by atoms with Crippen LogP contribution in [0.4, 0.5) is 4.39 Å². The monoisotopic (exact) mass is 576 g/mol. The van der Waals surface area contributed by atoms with Gasteiger partial charge >= 0.3 is 0 Å². The number of H-pyrrole nitrogens is 2. The molecule has 0 spiro atoms. The second-order valence-electron chi connectivity index (χ2n) is 11.4. The zero-order valence-electron chi connectivity index (χ0n) is 24.3. The molecule has 0 unspecified atom stereocenters. The van der Waals surface area contributed by atoms with Gasteiger partial charge in [-0.15, -0.1) is 0 Å². The Morgan fingerprint density at radius 2 is 1.84 bits per heavy atom. The van der Waals surface area contributed by atoms with Crippen molar-refractivity contribution < 1.29 is 9.13 Å². The van der Waals surface area contributed by atoms with Gasteiger partial charge in [0.1, 0.15) is 29.4 Å². The maximum atomic E-state index is 14.7. The fourth-order valence-electron chi connectivity index (χ4n) is 5.70. The minimum Gasteiger partial charge on any atom is -0.492 e. The molecule has 1 saturated heterocycles. The van der Waals surface area contributed by atoms with Gasteiger partial charge in [-0.25, -0.2) is 9.37 Å². The Morgan fingerprint density at radius 1 is 0.953 bits per heavy atom. The summed E-state index contributed by atoms with van der Waals surface area (Å²) in [6.07, 6.45) is 8.04. The molecule has 0 bridgehead atoms. The minimum absolute atomic E-state index is 0.374. The zero-order valence-corrected chi connectivity index (χ0v) is 24.3. The highest BCUT2D eigenvalue weighted by atomic mass is 19.1. The van der Waals surface area contributed by atoms with Crippen molar-refractivity contribution in [1.82, 2.24) is 39.9 Å². The number of benzene rings is 1. The third-order valence-electron chi connectivity index (χ3n) is 7.86. The summed E-state index contributed by atoms with van der Waals surface area (Å²) < 4.78 is 20.5. The summed E-state index contributed by atoms with van der Waals surface area (Å²) in [5.41, 5.74) is 8.25. The molecule has 43 heavy (non-hydrogen) atoms. The molecule has 218 valence electrons. The number of hydrogen-bond acceptors (Lipinski definition) is 7. The summed E-state index contributed by atoms with van der Waals surface area (Å²) in [7, 11) is 3.94. The first-order chi connectivity index (χ1) is 21.0. The molecule has 1 aromatic carbocycles. The Hall–Kier alpha value is -4.67. The minimum atomic E-state index is -0.374. The van der Waals surface area contributed by atoms with E-state index in [-0.39, 0.29) is 5.82 Å². The third-order valence-corrected chi connectivity index (χ3v) is 7.86. The largest absolute Gasteiger partial charge is 0.492 e. The van der Waals surface area contributed by atoms with Crippen LogP contribution in [-0.4, -0.2) is 80.3 Å². The van der Waals surface area contributed by atoms with Crippen molar-refractivity contribution in [2.75, 3.05) is 40.3 Å². The number of pyridine rings is 3. The van der Waals surface area contributed by atoms with E-state index in [4.69, 9.17) is 9.72 Å². The van der Waals surface area contributed by atoms with E-state index in [0.717, 1.165) is 65.1 Å². The number of rotatable bonds is 9. The average Bonchev–Trinajstić information content (AvgIpc) is 3.76. The first-order valence-corrected chi connectivity index (χ1v) is 14.6. The number of hydrogen-bond donors (Lipinski definition) is 2. The molecule has 0 amide bonds. The molecule has 1 aliphatic rings. The van der Waals surface area contributed by atoms with Crippen LogP contribution in [0.25, 0.3) is 55.8 Å². The lowest BCUT2D eigenvalue weighted by Gasteiger charge is -2.14. The van der Waals surface area contributed by atoms with Crippen molar-refractivity contribution in [1.29, 1.82) is 0 Å². The second kappa shape index (κ2) is 11.5. The van der Waals surface area contributed by atoms with Gasteiger partial charge in [-0.1, -0.05) is 0 Å². The van der Waals surface area contributed by atoms with Gasteiger partial charge in [0.25, 0.3) is 0 Å². The fraction of sp³-hybridized carbons (Fsp3) is 0.273. The third kappa shape index (κ3) is 5.71. The predicted octanol–water partition coefficient (Wildman–Crippen LogP) is 5.91. The van der Waals surface area contributed by atoms with Crippen molar-refractivity contribution in [3.63, 3.8) is 0 Å². The number of aromatic amines is 2. The normalized spacial score (nSPS) is 14.0. The van der Waals surface area contributed by atoms with Gasteiger partial charge in [-0.2, -0.15) is 5.10 Å². The van der Waals surface area contributed by atoms with Crippen LogP contribution in [0.2, 0.25) is 0 Å². The standard InChI is InChI=1S/C33H33FN8O/c1-41(2)11-12-43-25-15-22(14-24(34)16-25)31-26-17-30(37-28(26)7-8-36-31)33-32-29(39-40-33)6-5-27(38-32)23-13-21(18-35-19-23)20-42-9-3-4-10-42/h5-8,13-19,37H,3-4,9-12,20H2,1-2H3,(H,39,40). The molecule has 0 aliphatic carbocycles. The number of aromatic nitrogens is 6. The molecule has 0 atom stereocenters. The van der Waals surface area contributed by atoms with Crippen LogP contribution >= 0.6 is 0 Å². The smallest absolute Gasteiger partial charge is 0.135 e. The van der Waals surface area contributed by atoms with Crippen molar-refractivity contribution in [2.45, 2.75) is 19.4 Å². The second-order valence-corrected chi connectivity index (χ2v) is 11.4. The van der Waals surface area contributed by atoms with Gasteiger partial charge in [0.2, 0.25) is 0 Å². The quantitative estimate of drug-likeness (QED) is 0.221. The number of likely N-dealkylation sites (N-methyl/N-ethyl adjacent to an activating group) is 1. The molecule has 6 heterocycles. The van der Waals surface area contributed by atoms with Gasteiger partial charge in [-0.05, 0) is 88.1 Å². The molecule has 5 aromatic heterocycles. The Kier molecular flexibility index (Phi) is 7.30. The van der Waals surface area contributed by atoms with Crippen LogP contribution in [-0.2, 0) is 6.54 Å². The lowest BCUT2D eigenvalue weighted by atomic mass is 10.1. The molecule has 9 nitrogen and oxygen atoms in total. The number of ether oxygens (including phenoxy) is 1. The van der Waals surface area contributed by atoms with Gasteiger partial charge < -0.3 is 14.6 Å². The van der Waals surface area contributed by atoms with Gasteiger partial charge in [0.05, 0.1) is 22.6 Å². The van der Waals surface area contributed by atoms with Crippen molar-refractivity contribution in [3.8, 4) is 39.7 Å². The lowest BCUT2D eigenvalue weighted by Crippen LogP contribution is -2.19. The molecular weight excluding hydrogens is 543 g/mol. The van der Waals surface area contributed by atoms with E-state index >= 15 is 0 Å². The lowest BCUT2D eigenvalue weighted by molar-refractivity contribution is 0.260. The van der Waals surface area contributed by atoms with Crippen LogP contribution in [0.3, 0.4) is 0 Å². The number of nitrogens with one attached hydrogen (secondary N) is 2. The molecule has 2 N–H and O–H groups in total. The Labute approximate surface area is 248 Å². The van der Waals surface area contributed by atoms with Gasteiger partial charge in [0, 0.05) is 59.8 Å². The summed E-state index contributed by atoms with van der Waals surface area (Å²) in [6.45, 7) is 4.37. The molecule has 10 heteroatoms. The molecule has 1 fully saturated rings. The van der Waals surface area contributed by atoms with Crippen LogP contribution < -0.4 is 4.74 Å². The highest BCUT2D eigenvalue weighted by Crippen LogP contribution is 2.34. The molecular formula is C33H33FN8O. The molecule has 1 aliphatic heterocycles. The Bertz CT molecular complexity index is 1910. The fourth-order valence-corrected chi connectivity index (χ4v) is 5.70. The summed E-state index contributed by atoms with van der Waals surface area (Å²) in [5.74, 6) is 0.0985. The van der Waals surface area contributed by atoms with E-state index in [2.05, 4.69) is 36.1 Å². The van der Waals surface area contributed by atoms with E-state index in [9.17, 15) is 4.39 Å². The molecule has 7 rings (SSSR count). The zero-order chi connectivity index (χ0) is 29.3. The molecule has 0 saturated carbocycles. The van der Waals surface area contributed by atoms with Crippen LogP contribution in [0.1, 0.15) is 18.4 Å². The maximum absolute atomic E-state index is 14.7. The van der Waals surface area contributed by atoms with E-state index in [1.807, 2.05) is 61.7 Å². The summed E-state index contributed by atoms with van der Waals surface area (Å²) >= 11 is 0. The first-order valence-electron chi connectivity index (χ1n) is 14.6. The number of likely N-dealkylation sites (tertiary alicyclic amines) is 1. The predicted molar refractivity (Wildman–Crippen MR) is 166 cm³/mol. The van der Waals surface area contributed by atoms with Crippen LogP contribution in [0.5, 0.6) is 5.75 Å². The maximum Gasteiger partial charge on any atom is 0.135 e.